The molecule has 0 amide bonds. The predicted molar refractivity (Wildman–Crippen MR) is 61.0 cm³/mol. The van der Waals surface area contributed by atoms with Gasteiger partial charge in [0.2, 0.25) is 0 Å². The van der Waals surface area contributed by atoms with Crippen LogP contribution < -0.4 is 0 Å². The number of hydrogen-bond acceptors (Lipinski definition) is 3. The monoisotopic (exact) mass is 220 g/mol. The summed E-state index contributed by atoms with van der Waals surface area (Å²) in [5, 5.41) is 9.94. The number of aliphatic hydroxyl groups excluding tert-OH is 1. The van der Waals surface area contributed by atoms with Crippen molar-refractivity contribution in [3.8, 4) is 0 Å². The van der Waals surface area contributed by atoms with Gasteiger partial charge in [-0.15, -0.1) is 11.8 Å². The van der Waals surface area contributed by atoms with E-state index in [0.717, 1.165) is 5.56 Å². The van der Waals surface area contributed by atoms with Gasteiger partial charge in [0.05, 0.1) is 6.26 Å². The maximum absolute atomic E-state index is 9.94. The molecule has 0 aliphatic rings. The van der Waals surface area contributed by atoms with E-state index >= 15 is 0 Å². The standard InChI is InChI=1S/C12H12O2S/c1-15-10-6-4-9(5-7-10)12(13)11-3-2-8-14-11/h2-8,12-13H,1H3/t12-/m0/s1. The Morgan fingerprint density at radius 1 is 1.20 bits per heavy atom. The molecule has 1 atom stereocenters. The second-order valence-corrected chi connectivity index (χ2v) is 4.07. The molecule has 0 fully saturated rings. The highest BCUT2D eigenvalue weighted by Gasteiger charge is 2.12. The summed E-state index contributed by atoms with van der Waals surface area (Å²) in [6.07, 6.45) is 2.92. The van der Waals surface area contributed by atoms with Crippen LogP contribution in [0.2, 0.25) is 0 Å². The van der Waals surface area contributed by atoms with Crippen molar-refractivity contribution >= 4 is 11.8 Å². The molecule has 2 aromatic rings. The number of furan rings is 1. The van der Waals surface area contributed by atoms with Crippen molar-refractivity contribution in [2.45, 2.75) is 11.0 Å². The zero-order chi connectivity index (χ0) is 10.7. The molecule has 1 N–H and O–H groups in total. The third-order valence-corrected chi connectivity index (χ3v) is 2.99. The smallest absolute Gasteiger partial charge is 0.137 e. The van der Waals surface area contributed by atoms with Gasteiger partial charge in [-0.2, -0.15) is 0 Å². The van der Waals surface area contributed by atoms with Gasteiger partial charge < -0.3 is 9.52 Å². The van der Waals surface area contributed by atoms with E-state index in [0.29, 0.717) is 5.76 Å². The Balaban J connectivity index is 2.22. The summed E-state index contributed by atoms with van der Waals surface area (Å²) in [5.74, 6) is 0.576. The lowest BCUT2D eigenvalue weighted by molar-refractivity contribution is 0.189. The average Bonchev–Trinajstić information content (AvgIpc) is 2.82. The van der Waals surface area contributed by atoms with Crippen molar-refractivity contribution in [3.63, 3.8) is 0 Å². The molecule has 0 aliphatic carbocycles. The van der Waals surface area contributed by atoms with Crippen molar-refractivity contribution in [1.82, 2.24) is 0 Å². The Morgan fingerprint density at radius 3 is 2.47 bits per heavy atom. The fourth-order valence-electron chi connectivity index (χ4n) is 1.40. The van der Waals surface area contributed by atoms with Gasteiger partial charge >= 0.3 is 0 Å². The second kappa shape index (κ2) is 4.55. The van der Waals surface area contributed by atoms with Crippen molar-refractivity contribution in [3.05, 3.63) is 54.0 Å². The van der Waals surface area contributed by atoms with Crippen LogP contribution in [0.25, 0.3) is 0 Å². The lowest BCUT2D eigenvalue weighted by atomic mass is 10.1. The molecule has 0 unspecified atom stereocenters. The maximum atomic E-state index is 9.94. The van der Waals surface area contributed by atoms with E-state index in [-0.39, 0.29) is 0 Å². The number of thioether (sulfide) groups is 1. The molecule has 0 aliphatic heterocycles. The highest BCUT2D eigenvalue weighted by molar-refractivity contribution is 7.98. The molecule has 0 radical (unpaired) electrons. The minimum Gasteiger partial charge on any atom is -0.466 e. The Hall–Kier alpha value is -1.19. The lowest BCUT2D eigenvalue weighted by Gasteiger charge is -2.08. The highest BCUT2D eigenvalue weighted by Crippen LogP contribution is 2.24. The SMILES string of the molecule is CSc1ccc([C@H](O)c2ccco2)cc1. The van der Waals surface area contributed by atoms with Gasteiger partial charge in [0.1, 0.15) is 11.9 Å². The molecule has 2 rings (SSSR count). The summed E-state index contributed by atoms with van der Waals surface area (Å²) in [7, 11) is 0. The molecule has 0 bridgehead atoms. The Labute approximate surface area is 92.9 Å². The third kappa shape index (κ3) is 2.25. The Morgan fingerprint density at radius 2 is 1.93 bits per heavy atom. The molecule has 3 heteroatoms. The van der Waals surface area contributed by atoms with E-state index in [1.54, 1.807) is 30.2 Å². The summed E-state index contributed by atoms with van der Waals surface area (Å²) in [6, 6.07) is 11.4. The zero-order valence-electron chi connectivity index (χ0n) is 8.38. The molecule has 1 aromatic heterocycles. The van der Waals surface area contributed by atoms with E-state index in [4.69, 9.17) is 4.42 Å². The van der Waals surface area contributed by atoms with Gasteiger partial charge in [-0.05, 0) is 36.1 Å². The maximum Gasteiger partial charge on any atom is 0.137 e. The van der Waals surface area contributed by atoms with Crippen molar-refractivity contribution in [2.75, 3.05) is 6.26 Å². The zero-order valence-corrected chi connectivity index (χ0v) is 9.20. The number of aliphatic hydroxyl groups is 1. The number of benzene rings is 1. The summed E-state index contributed by atoms with van der Waals surface area (Å²) < 4.78 is 5.15. The van der Waals surface area contributed by atoms with Gasteiger partial charge in [0.25, 0.3) is 0 Å². The fourth-order valence-corrected chi connectivity index (χ4v) is 1.81. The van der Waals surface area contributed by atoms with Crippen molar-refractivity contribution in [1.29, 1.82) is 0 Å². The van der Waals surface area contributed by atoms with Gasteiger partial charge in [-0.25, -0.2) is 0 Å². The third-order valence-electron chi connectivity index (χ3n) is 2.24. The molecule has 15 heavy (non-hydrogen) atoms. The first-order valence-corrected chi connectivity index (χ1v) is 5.89. The van der Waals surface area contributed by atoms with Crippen LogP contribution in [-0.2, 0) is 0 Å². The molecule has 0 saturated carbocycles. The molecular formula is C12H12O2S. The first kappa shape index (κ1) is 10.3. The predicted octanol–water partition coefficient (Wildman–Crippen LogP) is 3.08. The van der Waals surface area contributed by atoms with Crippen LogP contribution in [0.3, 0.4) is 0 Å². The van der Waals surface area contributed by atoms with Crippen LogP contribution in [0.1, 0.15) is 17.4 Å². The quantitative estimate of drug-likeness (QED) is 0.807. The summed E-state index contributed by atoms with van der Waals surface area (Å²) in [5.41, 5.74) is 0.850. The number of hydrogen-bond donors (Lipinski definition) is 1. The van der Waals surface area contributed by atoms with Crippen LogP contribution in [0.5, 0.6) is 0 Å². The molecular weight excluding hydrogens is 208 g/mol. The first-order chi connectivity index (χ1) is 7.31. The second-order valence-electron chi connectivity index (χ2n) is 3.19. The van der Waals surface area contributed by atoms with E-state index in [1.807, 2.05) is 30.5 Å². The Bertz CT molecular complexity index is 406. The van der Waals surface area contributed by atoms with E-state index < -0.39 is 6.10 Å². The highest BCUT2D eigenvalue weighted by atomic mass is 32.2. The van der Waals surface area contributed by atoms with Gasteiger partial charge in [0.15, 0.2) is 0 Å². The van der Waals surface area contributed by atoms with Crippen LogP contribution in [-0.4, -0.2) is 11.4 Å². The van der Waals surface area contributed by atoms with Crippen molar-refractivity contribution in [2.24, 2.45) is 0 Å². The summed E-state index contributed by atoms with van der Waals surface area (Å²) in [4.78, 5) is 1.19. The fraction of sp³-hybridized carbons (Fsp3) is 0.167. The number of rotatable bonds is 3. The van der Waals surface area contributed by atoms with E-state index in [9.17, 15) is 5.11 Å². The van der Waals surface area contributed by atoms with Gasteiger partial charge in [0, 0.05) is 4.90 Å². The first-order valence-electron chi connectivity index (χ1n) is 4.66. The van der Waals surface area contributed by atoms with Gasteiger partial charge in [-0.1, -0.05) is 12.1 Å². The van der Waals surface area contributed by atoms with E-state index in [2.05, 4.69) is 0 Å². The largest absolute Gasteiger partial charge is 0.466 e. The topological polar surface area (TPSA) is 33.4 Å². The summed E-state index contributed by atoms with van der Waals surface area (Å²) >= 11 is 1.68. The lowest BCUT2D eigenvalue weighted by Crippen LogP contribution is -1.97. The molecule has 0 spiro atoms. The minimum atomic E-state index is -0.670. The molecule has 1 aromatic carbocycles. The van der Waals surface area contributed by atoms with Crippen LogP contribution in [0.4, 0.5) is 0 Å². The van der Waals surface area contributed by atoms with Crippen LogP contribution in [0, 0.1) is 0 Å². The van der Waals surface area contributed by atoms with Crippen LogP contribution >= 0.6 is 11.8 Å². The normalized spacial score (nSPS) is 12.7. The average molecular weight is 220 g/mol. The van der Waals surface area contributed by atoms with Crippen LogP contribution in [0.15, 0.2) is 52.0 Å². The Kier molecular flexibility index (Phi) is 3.14. The molecule has 2 nitrogen and oxygen atoms in total. The minimum absolute atomic E-state index is 0.576. The molecule has 1 heterocycles. The van der Waals surface area contributed by atoms with Gasteiger partial charge in [-0.3, -0.25) is 0 Å². The molecule has 0 saturated heterocycles. The summed E-state index contributed by atoms with van der Waals surface area (Å²) in [6.45, 7) is 0. The van der Waals surface area contributed by atoms with E-state index in [1.165, 1.54) is 4.90 Å². The van der Waals surface area contributed by atoms with Crippen molar-refractivity contribution < 1.29 is 9.52 Å². The molecule has 78 valence electrons.